The minimum atomic E-state index is -2.22. The fourth-order valence-corrected chi connectivity index (χ4v) is 2.51. The third-order valence-corrected chi connectivity index (χ3v) is 4.10. The van der Waals surface area contributed by atoms with E-state index in [1.165, 1.54) is 0 Å². The number of nitrogens with one attached hydrogen (secondary N) is 3. The number of carbonyl (C=O) groups excluding carboxylic acids is 3. The van der Waals surface area contributed by atoms with Crippen molar-refractivity contribution in [2.45, 2.75) is 26.7 Å². The van der Waals surface area contributed by atoms with Crippen molar-refractivity contribution in [2.75, 3.05) is 19.6 Å². The molecule has 18 heavy (non-hydrogen) atoms. The summed E-state index contributed by atoms with van der Waals surface area (Å²) in [5.41, 5.74) is 0. The zero-order chi connectivity index (χ0) is 13.8. The Bertz CT molecular complexity index is 252. The summed E-state index contributed by atoms with van der Waals surface area (Å²) in [4.78, 5) is 34.3. The van der Waals surface area contributed by atoms with E-state index in [0.29, 0.717) is 19.2 Å². The maximum absolute atomic E-state index is 11.6. The summed E-state index contributed by atoms with van der Waals surface area (Å²) in [6.07, 6.45) is 2.10. The molecule has 0 aliphatic carbocycles. The molecule has 3 N–H and O–H groups in total. The molecular weight excluding hydrogens is 251 g/mol. The van der Waals surface area contributed by atoms with Crippen LogP contribution in [0.4, 0.5) is 0 Å². The largest absolute Gasteiger partial charge is 0.740 e. The van der Waals surface area contributed by atoms with Gasteiger partial charge >= 0.3 is 14.8 Å². The molecule has 0 saturated heterocycles. The van der Waals surface area contributed by atoms with E-state index >= 15 is 0 Å². The average Bonchev–Trinajstić information content (AvgIpc) is 2.35. The smallest absolute Gasteiger partial charge is 0.412 e. The highest BCUT2D eigenvalue weighted by Gasteiger charge is 2.24. The Labute approximate surface area is 112 Å². The second-order valence-corrected chi connectivity index (χ2v) is 5.52. The van der Waals surface area contributed by atoms with Crippen LogP contribution in [0.15, 0.2) is 0 Å². The van der Waals surface area contributed by atoms with Crippen LogP contribution in [0.5, 0.6) is 0 Å². The molecule has 0 bridgehead atoms. The summed E-state index contributed by atoms with van der Waals surface area (Å²) in [6, 6.07) is 0. The maximum Gasteiger partial charge on any atom is 0.740 e. The van der Waals surface area contributed by atoms with E-state index in [1.807, 2.05) is 0 Å². The van der Waals surface area contributed by atoms with Gasteiger partial charge < -0.3 is 17.8 Å². The lowest BCUT2D eigenvalue weighted by Crippen LogP contribution is -2.59. The molecule has 0 rings (SSSR count). The van der Waals surface area contributed by atoms with Gasteiger partial charge in [-0.2, -0.15) is 0 Å². The summed E-state index contributed by atoms with van der Waals surface area (Å²) >= 11 is -2.22. The van der Waals surface area contributed by atoms with Crippen LogP contribution in [-0.4, -0.2) is 58.1 Å². The molecule has 0 radical (unpaired) electrons. The van der Waals surface area contributed by atoms with Crippen LogP contribution < -0.4 is 12.9 Å². The van der Waals surface area contributed by atoms with Gasteiger partial charge in [-0.3, -0.25) is 14.4 Å². The maximum atomic E-state index is 11.6. The third kappa shape index (κ3) is 8.06. The summed E-state index contributed by atoms with van der Waals surface area (Å²) < 4.78 is 7.44. The molecule has 0 aromatic carbocycles. The molecule has 102 valence electrons. The normalized spacial score (nSPS) is 9.72. The monoisotopic (exact) mass is 272 g/mol. The van der Waals surface area contributed by atoms with Crippen molar-refractivity contribution >= 4 is 33.5 Å². The van der Waals surface area contributed by atoms with Crippen LogP contribution in [0, 0.1) is 0 Å². The first-order valence-electron chi connectivity index (χ1n) is 6.09. The Morgan fingerprint density at radius 1 is 1.17 bits per heavy atom. The van der Waals surface area contributed by atoms with Gasteiger partial charge in [-0.1, -0.05) is 13.8 Å². The van der Waals surface area contributed by atoms with E-state index in [1.54, 1.807) is 0 Å². The number of rotatable bonds is 11. The predicted octanol–water partition coefficient (Wildman–Crippen LogP) is -1.30. The molecule has 0 unspecified atom stereocenters. The quantitative estimate of drug-likeness (QED) is 0.322. The van der Waals surface area contributed by atoms with Crippen LogP contribution in [0.2, 0.25) is 0 Å². The summed E-state index contributed by atoms with van der Waals surface area (Å²) in [5, 5.41) is 0. The van der Waals surface area contributed by atoms with Gasteiger partial charge in [-0.15, -0.1) is 0 Å². The van der Waals surface area contributed by atoms with Crippen LogP contribution in [-0.2, 0) is 14.4 Å². The van der Waals surface area contributed by atoms with Crippen molar-refractivity contribution in [2.24, 2.45) is 0 Å². The van der Waals surface area contributed by atoms with Crippen LogP contribution >= 0.6 is 0 Å². The van der Waals surface area contributed by atoms with Crippen LogP contribution in [0.25, 0.3) is 0 Å². The number of nitrogens with zero attached hydrogens (tertiary/aromatic N) is 1. The minimum absolute atomic E-state index is 0.150. The Morgan fingerprint density at radius 2 is 1.72 bits per heavy atom. The van der Waals surface area contributed by atoms with Crippen LogP contribution in [0.1, 0.15) is 26.7 Å². The summed E-state index contributed by atoms with van der Waals surface area (Å²) in [6.45, 7) is 6.96. The Kier molecular flexibility index (Phi) is 10.3. The van der Waals surface area contributed by atoms with Crippen molar-refractivity contribution in [1.29, 1.82) is 0 Å². The summed E-state index contributed by atoms with van der Waals surface area (Å²) in [7, 11) is 0. The second-order valence-electron chi connectivity index (χ2n) is 3.70. The highest BCUT2D eigenvalue weighted by Crippen LogP contribution is 1.94. The van der Waals surface area contributed by atoms with E-state index in [2.05, 4.69) is 31.6 Å². The van der Waals surface area contributed by atoms with E-state index in [9.17, 15) is 14.4 Å². The molecule has 0 saturated carbocycles. The van der Waals surface area contributed by atoms with Gasteiger partial charge in [0, 0.05) is 6.42 Å². The molecule has 0 heterocycles. The number of hydrogen-bond acceptors (Lipinski definition) is 4. The van der Waals surface area contributed by atoms with Gasteiger partial charge in [0.15, 0.2) is 18.7 Å². The van der Waals surface area contributed by atoms with Gasteiger partial charge in [0.05, 0.1) is 0 Å². The number of hydrogen-bond donors (Lipinski definition) is 3. The first-order valence-corrected chi connectivity index (χ1v) is 7.82. The first kappa shape index (κ1) is 16.9. The van der Waals surface area contributed by atoms with E-state index in [-0.39, 0.29) is 5.91 Å². The lowest BCUT2D eigenvalue weighted by molar-refractivity contribution is -0.119. The van der Waals surface area contributed by atoms with Gasteiger partial charge in [0.2, 0.25) is 0 Å². The van der Waals surface area contributed by atoms with Gasteiger partial charge in [-0.25, -0.2) is 0 Å². The van der Waals surface area contributed by atoms with Crippen molar-refractivity contribution in [3.63, 3.8) is 0 Å². The Balaban J connectivity index is 3.86. The molecule has 0 aromatic heterocycles. The molecule has 7 nitrogen and oxygen atoms in total. The van der Waals surface area contributed by atoms with Crippen molar-refractivity contribution in [1.82, 2.24) is 17.8 Å². The average molecular weight is 272 g/mol. The highest BCUT2D eigenvalue weighted by atomic mass is 27.2. The van der Waals surface area contributed by atoms with Crippen molar-refractivity contribution in [3.8, 4) is 0 Å². The first-order chi connectivity index (χ1) is 8.67. The van der Waals surface area contributed by atoms with E-state index < -0.39 is 14.8 Å². The fraction of sp³-hybridized carbons (Fsp3) is 0.700. The Hall–Kier alpha value is -1.10. The number of carbonyl (C=O) groups is 3. The van der Waals surface area contributed by atoms with Crippen LogP contribution in [0.3, 0.4) is 0 Å². The standard InChI is InChI=1S/C8H18N2O.2CH3NO.Al/c1-3-10(4-2)7-5-6-8(9)11;2*2-1-3;/h3-7H2,1-2H3,(H2,9,11);2*1H,(H2,2,3);/q;;;+3/p-3. The lowest BCUT2D eigenvalue weighted by Gasteiger charge is -2.17. The van der Waals surface area contributed by atoms with Gasteiger partial charge in [-0.05, 0) is 26.1 Å². The van der Waals surface area contributed by atoms with E-state index in [4.69, 9.17) is 0 Å². The topological polar surface area (TPSA) is 90.5 Å². The Morgan fingerprint density at radius 3 is 2.17 bits per heavy atom. The molecule has 0 aromatic rings. The van der Waals surface area contributed by atoms with Gasteiger partial charge in [0.1, 0.15) is 0 Å². The molecule has 0 aliphatic rings. The second kappa shape index (κ2) is 11.0. The zero-order valence-corrected chi connectivity index (χ0v) is 12.1. The highest BCUT2D eigenvalue weighted by molar-refractivity contribution is 6.57. The molecular formula is C10H21AlN4O3. The molecule has 3 amide bonds. The molecule has 0 atom stereocenters. The van der Waals surface area contributed by atoms with E-state index in [0.717, 1.165) is 26.1 Å². The molecule has 0 aliphatic heterocycles. The third-order valence-electron chi connectivity index (χ3n) is 2.55. The SMILES string of the molecule is CCN(CC)CCCC(=O)[NH][Al]([NH]C=O)[NH]C=O. The fourth-order valence-electron chi connectivity index (χ4n) is 1.50. The predicted molar refractivity (Wildman–Crippen MR) is 69.3 cm³/mol. The lowest BCUT2D eigenvalue weighted by atomic mass is 10.3. The van der Waals surface area contributed by atoms with Crippen molar-refractivity contribution in [3.05, 3.63) is 0 Å². The molecule has 8 heteroatoms. The summed E-state index contributed by atoms with van der Waals surface area (Å²) in [5.74, 6) is -0.150. The number of amides is 3. The molecule has 0 spiro atoms. The molecule has 0 fully saturated rings. The zero-order valence-electron chi connectivity index (χ0n) is 10.9. The minimum Gasteiger partial charge on any atom is -0.412 e. The van der Waals surface area contributed by atoms with Crippen molar-refractivity contribution < 1.29 is 14.4 Å². The van der Waals surface area contributed by atoms with Gasteiger partial charge in [0.25, 0.3) is 0 Å².